The van der Waals surface area contributed by atoms with Crippen LogP contribution in [0.1, 0.15) is 17.4 Å². The topological polar surface area (TPSA) is 48.1 Å². The zero-order valence-electron chi connectivity index (χ0n) is 8.29. The largest absolute Gasteiger partial charge is 0.357 e. The Hall–Kier alpha value is -1.29. The lowest BCUT2D eigenvalue weighted by atomic mass is 10.2. The second kappa shape index (κ2) is 3.84. The van der Waals surface area contributed by atoms with Crippen LogP contribution in [0.4, 0.5) is 0 Å². The van der Waals surface area contributed by atoms with E-state index in [-0.39, 0.29) is 11.9 Å². The molecule has 0 radical (unpaired) electrons. The molecule has 4 heteroatoms. The highest BCUT2D eigenvalue weighted by Gasteiger charge is 2.24. The van der Waals surface area contributed by atoms with E-state index in [4.69, 9.17) is 0 Å². The molecule has 1 aromatic heterocycles. The van der Waals surface area contributed by atoms with Crippen LogP contribution < -0.4 is 5.32 Å². The highest BCUT2D eigenvalue weighted by Crippen LogP contribution is 2.08. The molecule has 0 bridgehead atoms. The number of carbonyl (C=O) groups is 1. The Morgan fingerprint density at radius 1 is 1.64 bits per heavy atom. The van der Waals surface area contributed by atoms with Crippen molar-refractivity contribution >= 4 is 5.91 Å². The first-order valence-corrected chi connectivity index (χ1v) is 4.94. The van der Waals surface area contributed by atoms with Crippen molar-refractivity contribution in [2.24, 2.45) is 0 Å². The maximum absolute atomic E-state index is 11.9. The van der Waals surface area contributed by atoms with Crippen LogP contribution in [-0.4, -0.2) is 41.5 Å². The lowest BCUT2D eigenvalue weighted by Crippen LogP contribution is -2.52. The summed E-state index contributed by atoms with van der Waals surface area (Å²) < 4.78 is 0. The highest BCUT2D eigenvalue weighted by atomic mass is 16.2. The van der Waals surface area contributed by atoms with Gasteiger partial charge in [-0.05, 0) is 19.1 Å². The van der Waals surface area contributed by atoms with Gasteiger partial charge in [0.15, 0.2) is 0 Å². The van der Waals surface area contributed by atoms with E-state index in [1.54, 1.807) is 6.20 Å². The van der Waals surface area contributed by atoms with Crippen LogP contribution in [0.5, 0.6) is 0 Å². The van der Waals surface area contributed by atoms with Crippen molar-refractivity contribution in [2.45, 2.75) is 13.0 Å². The van der Waals surface area contributed by atoms with Gasteiger partial charge in [-0.2, -0.15) is 0 Å². The average molecular weight is 193 g/mol. The van der Waals surface area contributed by atoms with Crippen LogP contribution in [0.25, 0.3) is 0 Å². The maximum atomic E-state index is 11.9. The number of nitrogens with zero attached hydrogens (tertiary/aromatic N) is 1. The molecule has 1 atom stereocenters. The number of amides is 1. The van der Waals surface area contributed by atoms with Crippen LogP contribution in [-0.2, 0) is 0 Å². The molecule has 1 aromatic rings. The molecule has 76 valence electrons. The second-order valence-corrected chi connectivity index (χ2v) is 3.64. The Morgan fingerprint density at radius 2 is 2.50 bits per heavy atom. The van der Waals surface area contributed by atoms with Crippen LogP contribution in [0.15, 0.2) is 18.3 Å². The second-order valence-electron chi connectivity index (χ2n) is 3.64. The summed E-state index contributed by atoms with van der Waals surface area (Å²) in [6, 6.07) is 3.94. The third-order valence-corrected chi connectivity index (χ3v) is 2.59. The summed E-state index contributed by atoms with van der Waals surface area (Å²) in [6.45, 7) is 4.62. The van der Waals surface area contributed by atoms with Crippen molar-refractivity contribution in [2.75, 3.05) is 19.6 Å². The molecular weight excluding hydrogens is 178 g/mol. The number of aromatic nitrogens is 1. The first kappa shape index (κ1) is 9.27. The van der Waals surface area contributed by atoms with Crippen molar-refractivity contribution in [1.29, 1.82) is 0 Å². The molecule has 1 amide bonds. The quantitative estimate of drug-likeness (QED) is 0.680. The fourth-order valence-electron chi connectivity index (χ4n) is 1.76. The third-order valence-electron chi connectivity index (χ3n) is 2.59. The Labute approximate surface area is 83.3 Å². The van der Waals surface area contributed by atoms with Gasteiger partial charge in [0.2, 0.25) is 0 Å². The number of aromatic amines is 1. The number of nitrogens with one attached hydrogen (secondary N) is 2. The van der Waals surface area contributed by atoms with Gasteiger partial charge in [-0.15, -0.1) is 0 Å². The highest BCUT2D eigenvalue weighted by molar-refractivity contribution is 5.92. The van der Waals surface area contributed by atoms with Crippen LogP contribution in [0.3, 0.4) is 0 Å². The molecule has 1 saturated heterocycles. The van der Waals surface area contributed by atoms with E-state index >= 15 is 0 Å². The van der Waals surface area contributed by atoms with E-state index in [0.29, 0.717) is 5.69 Å². The molecule has 0 saturated carbocycles. The van der Waals surface area contributed by atoms with Crippen molar-refractivity contribution in [3.63, 3.8) is 0 Å². The van der Waals surface area contributed by atoms with Gasteiger partial charge in [0.1, 0.15) is 5.69 Å². The molecule has 14 heavy (non-hydrogen) atoms. The molecule has 0 aliphatic carbocycles. The molecule has 1 unspecified atom stereocenters. The summed E-state index contributed by atoms with van der Waals surface area (Å²) in [6.07, 6.45) is 1.78. The Morgan fingerprint density at radius 3 is 3.14 bits per heavy atom. The normalized spacial score (nSPS) is 22.4. The van der Waals surface area contributed by atoms with Gasteiger partial charge >= 0.3 is 0 Å². The molecule has 1 aliphatic rings. The first-order chi connectivity index (χ1) is 6.79. The minimum Gasteiger partial charge on any atom is -0.357 e. The summed E-state index contributed by atoms with van der Waals surface area (Å²) >= 11 is 0. The minimum absolute atomic E-state index is 0.101. The summed E-state index contributed by atoms with van der Waals surface area (Å²) in [5.41, 5.74) is 0.679. The fraction of sp³-hybridized carbons (Fsp3) is 0.500. The number of carbonyl (C=O) groups excluding carboxylic acids is 1. The molecule has 2 rings (SSSR count). The SMILES string of the molecule is CC1CNCCN1C(=O)c1ccc[nH]1. The molecule has 1 fully saturated rings. The molecule has 2 N–H and O–H groups in total. The van der Waals surface area contributed by atoms with Crippen LogP contribution in [0.2, 0.25) is 0 Å². The molecule has 1 aliphatic heterocycles. The predicted molar refractivity (Wildman–Crippen MR) is 54.2 cm³/mol. The van der Waals surface area contributed by atoms with Crippen molar-refractivity contribution < 1.29 is 4.79 Å². The third kappa shape index (κ3) is 1.65. The summed E-state index contributed by atoms with van der Waals surface area (Å²) in [5, 5.41) is 3.26. The zero-order valence-corrected chi connectivity index (χ0v) is 8.29. The number of H-pyrrole nitrogens is 1. The van der Waals surface area contributed by atoms with E-state index in [9.17, 15) is 4.79 Å². The average Bonchev–Trinajstić information content (AvgIpc) is 2.70. The zero-order chi connectivity index (χ0) is 9.97. The lowest BCUT2D eigenvalue weighted by Gasteiger charge is -2.33. The molecule has 4 nitrogen and oxygen atoms in total. The standard InChI is InChI=1S/C10H15N3O/c1-8-7-11-5-6-13(8)10(14)9-3-2-4-12-9/h2-4,8,11-12H,5-7H2,1H3. The summed E-state index contributed by atoms with van der Waals surface area (Å²) in [4.78, 5) is 16.8. The fourth-order valence-corrected chi connectivity index (χ4v) is 1.76. The van der Waals surface area contributed by atoms with Crippen molar-refractivity contribution in [1.82, 2.24) is 15.2 Å². The van der Waals surface area contributed by atoms with Crippen molar-refractivity contribution in [3.05, 3.63) is 24.0 Å². The van der Waals surface area contributed by atoms with Gasteiger partial charge in [-0.3, -0.25) is 4.79 Å². The van der Waals surface area contributed by atoms with Crippen LogP contribution >= 0.6 is 0 Å². The van der Waals surface area contributed by atoms with Gasteiger partial charge in [-0.25, -0.2) is 0 Å². The van der Waals surface area contributed by atoms with Gasteiger partial charge in [-0.1, -0.05) is 0 Å². The van der Waals surface area contributed by atoms with Crippen LogP contribution in [0, 0.1) is 0 Å². The monoisotopic (exact) mass is 193 g/mol. The molecular formula is C10H15N3O. The lowest BCUT2D eigenvalue weighted by molar-refractivity contribution is 0.0650. The Bertz CT molecular complexity index is 307. The number of piperazine rings is 1. The maximum Gasteiger partial charge on any atom is 0.270 e. The summed E-state index contributed by atoms with van der Waals surface area (Å²) in [5.74, 6) is 0.101. The molecule has 0 spiro atoms. The number of hydrogen-bond acceptors (Lipinski definition) is 2. The van der Waals surface area contributed by atoms with Gasteiger partial charge in [0, 0.05) is 31.9 Å². The van der Waals surface area contributed by atoms with Crippen molar-refractivity contribution in [3.8, 4) is 0 Å². The van der Waals surface area contributed by atoms with Gasteiger partial charge < -0.3 is 15.2 Å². The molecule has 2 heterocycles. The molecule has 0 aromatic carbocycles. The van der Waals surface area contributed by atoms with Gasteiger partial charge in [0.25, 0.3) is 5.91 Å². The van der Waals surface area contributed by atoms with E-state index in [0.717, 1.165) is 19.6 Å². The Balaban J connectivity index is 2.10. The van der Waals surface area contributed by atoms with E-state index in [2.05, 4.69) is 17.2 Å². The van der Waals surface area contributed by atoms with Gasteiger partial charge in [0.05, 0.1) is 0 Å². The number of rotatable bonds is 1. The summed E-state index contributed by atoms with van der Waals surface area (Å²) in [7, 11) is 0. The van der Waals surface area contributed by atoms with E-state index in [1.807, 2.05) is 17.0 Å². The van der Waals surface area contributed by atoms with E-state index < -0.39 is 0 Å². The smallest absolute Gasteiger partial charge is 0.270 e. The minimum atomic E-state index is 0.101. The first-order valence-electron chi connectivity index (χ1n) is 4.94. The number of hydrogen-bond donors (Lipinski definition) is 2. The van der Waals surface area contributed by atoms with E-state index in [1.165, 1.54) is 0 Å². The Kier molecular flexibility index (Phi) is 2.54. The predicted octanol–water partition coefficient (Wildman–Crippen LogP) is 0.449.